The Bertz CT molecular complexity index is 2860. The van der Waals surface area contributed by atoms with E-state index in [-0.39, 0.29) is 71.5 Å². The van der Waals surface area contributed by atoms with Gasteiger partial charge in [-0.3, -0.25) is 28.5 Å². The number of nitrogens with one attached hydrogen (secondary N) is 3. The SMILES string of the molecule is O=C(CCCCCNC(=O)c1ccc2c(c1)C(=O)OC21c2ccc(O)cc2Oc2cc(O)ccc21)NCC=Cc1cn(C2CC(O)C(COP(=O)(O)OP(=O)(O)OP(=O)(O)O)O2)c(=O)[nH]c1=O. The Morgan fingerprint density at radius 1 is 0.866 bits per heavy atom. The standard InChI is InChI=1S/C39H41N4O21P3/c44-23-8-11-27-30(16-23)60-31-17-24(45)9-12-28(31)39(27)26-10-7-21(15-25(26)37(50)62-39)35(48)41-13-3-1-2-6-33(47)40-14-4-5-22-19-43(38(51)42-36(22)49)34-18-29(46)32(61-34)20-59-66(55,56)64-67(57,58)63-65(52,53)54/h4-5,7-12,15-17,19,29,32,34,44-46H,1-3,6,13-14,18,20H2,(H,40,47)(H,41,48)(H,55,56)(H,57,58)(H,42,49,51)(H2,52,53,54). The number of phosphoric acid groups is 3. The third-order valence-electron chi connectivity index (χ3n) is 10.4. The highest BCUT2D eigenvalue weighted by Crippen LogP contribution is 2.66. The number of aliphatic hydroxyl groups excluding tert-OH is 1. The molecule has 0 aliphatic carbocycles. The number of phenols is 2. The van der Waals surface area contributed by atoms with E-state index in [9.17, 15) is 62.8 Å². The molecule has 25 nitrogen and oxygen atoms in total. The highest BCUT2D eigenvalue weighted by atomic mass is 31.3. The molecular weight excluding hydrogens is 953 g/mol. The number of amides is 2. The van der Waals surface area contributed by atoms with Crippen LogP contribution in [-0.2, 0) is 46.7 Å². The molecule has 67 heavy (non-hydrogen) atoms. The zero-order valence-corrected chi connectivity index (χ0v) is 37.1. The van der Waals surface area contributed by atoms with Crippen LogP contribution in [0.3, 0.4) is 0 Å². The van der Waals surface area contributed by atoms with E-state index in [0.717, 1.165) is 10.8 Å². The lowest BCUT2D eigenvalue weighted by Gasteiger charge is -2.36. The Balaban J connectivity index is 0.848. The average molecular weight is 995 g/mol. The first-order valence-electron chi connectivity index (χ1n) is 20.0. The molecule has 1 fully saturated rings. The van der Waals surface area contributed by atoms with Gasteiger partial charge in [0, 0.05) is 66.5 Å². The summed E-state index contributed by atoms with van der Waals surface area (Å²) in [6.45, 7) is -0.720. The Kier molecular flexibility index (Phi) is 14.3. The highest BCUT2D eigenvalue weighted by molar-refractivity contribution is 7.66. The molecule has 5 atom stereocenters. The van der Waals surface area contributed by atoms with Gasteiger partial charge in [0.15, 0.2) is 5.60 Å². The molecule has 3 aliphatic heterocycles. The molecule has 4 aromatic rings. The Morgan fingerprint density at radius 2 is 1.54 bits per heavy atom. The van der Waals surface area contributed by atoms with Gasteiger partial charge in [0.25, 0.3) is 11.5 Å². The van der Waals surface area contributed by atoms with Crippen molar-refractivity contribution >= 4 is 47.3 Å². The number of aromatic nitrogens is 2. The summed E-state index contributed by atoms with van der Waals surface area (Å²) in [6.07, 6.45) is 1.09. The summed E-state index contributed by atoms with van der Waals surface area (Å²) in [5.41, 5.74) is -1.60. The molecule has 4 heterocycles. The van der Waals surface area contributed by atoms with Gasteiger partial charge in [-0.2, -0.15) is 8.62 Å². The number of fused-ring (bicyclic) bond motifs is 6. The maximum Gasteiger partial charge on any atom is 0.490 e. The number of rotatable bonds is 18. The number of esters is 1. The summed E-state index contributed by atoms with van der Waals surface area (Å²) in [6, 6.07) is 13.4. The van der Waals surface area contributed by atoms with Gasteiger partial charge < -0.3 is 59.7 Å². The van der Waals surface area contributed by atoms with Crippen molar-refractivity contribution in [2.75, 3.05) is 19.7 Å². The predicted octanol–water partition coefficient (Wildman–Crippen LogP) is 2.63. The lowest BCUT2D eigenvalue weighted by molar-refractivity contribution is -0.121. The van der Waals surface area contributed by atoms with E-state index in [4.69, 9.17) is 24.0 Å². The Hall–Kier alpha value is -5.78. The van der Waals surface area contributed by atoms with Gasteiger partial charge in [0.2, 0.25) is 5.91 Å². The van der Waals surface area contributed by atoms with E-state index in [1.165, 1.54) is 42.5 Å². The largest absolute Gasteiger partial charge is 0.508 e. The second-order valence-electron chi connectivity index (χ2n) is 15.1. The molecule has 0 bridgehead atoms. The van der Waals surface area contributed by atoms with Crippen molar-refractivity contribution in [1.82, 2.24) is 20.2 Å². The van der Waals surface area contributed by atoms with Crippen molar-refractivity contribution in [2.45, 2.75) is 56.1 Å². The van der Waals surface area contributed by atoms with E-state index < -0.39 is 77.2 Å². The Morgan fingerprint density at radius 3 is 2.21 bits per heavy atom. The Labute approximate surface area is 377 Å². The number of unbranched alkanes of at least 4 members (excludes halogenated alkanes) is 2. The molecule has 2 amide bonds. The van der Waals surface area contributed by atoms with Gasteiger partial charge in [0.1, 0.15) is 35.3 Å². The topological polar surface area (TPSA) is 378 Å². The number of aliphatic hydroxyl groups is 1. The maximum absolute atomic E-state index is 13.4. The summed E-state index contributed by atoms with van der Waals surface area (Å²) in [4.78, 5) is 102. The predicted molar refractivity (Wildman–Crippen MR) is 227 cm³/mol. The molecule has 7 rings (SSSR count). The van der Waals surface area contributed by atoms with Crippen molar-refractivity contribution in [3.05, 3.63) is 121 Å². The average Bonchev–Trinajstić information content (AvgIpc) is 3.74. The molecule has 3 aliphatic rings. The van der Waals surface area contributed by atoms with Gasteiger partial charge in [-0.25, -0.2) is 23.3 Å². The lowest BCUT2D eigenvalue weighted by Crippen LogP contribution is -2.33. The van der Waals surface area contributed by atoms with Crippen molar-refractivity contribution in [2.24, 2.45) is 0 Å². The van der Waals surface area contributed by atoms with Crippen molar-refractivity contribution in [1.29, 1.82) is 0 Å². The van der Waals surface area contributed by atoms with Crippen LogP contribution >= 0.6 is 23.5 Å². The number of aromatic amines is 1. The smallest absolute Gasteiger partial charge is 0.490 e. The van der Waals surface area contributed by atoms with Gasteiger partial charge in [-0.05, 0) is 49.2 Å². The number of carbonyl (C=O) groups excluding carboxylic acids is 3. The lowest BCUT2D eigenvalue weighted by atomic mass is 9.77. The maximum atomic E-state index is 13.4. The number of hydrogen-bond acceptors (Lipinski definition) is 17. The van der Waals surface area contributed by atoms with Crippen LogP contribution in [0.4, 0.5) is 0 Å². The second kappa shape index (κ2) is 19.4. The number of phosphoric ester groups is 1. The fourth-order valence-corrected chi connectivity index (χ4v) is 10.6. The molecule has 3 aromatic carbocycles. The number of carbonyl (C=O) groups is 3. The van der Waals surface area contributed by atoms with Crippen LogP contribution in [0.1, 0.15) is 81.3 Å². The van der Waals surface area contributed by atoms with Crippen LogP contribution in [0, 0.1) is 0 Å². The second-order valence-corrected chi connectivity index (χ2v) is 19.6. The molecule has 28 heteroatoms. The van der Waals surface area contributed by atoms with Gasteiger partial charge in [0.05, 0.1) is 23.8 Å². The number of hydrogen-bond donors (Lipinski definition) is 10. The van der Waals surface area contributed by atoms with Crippen LogP contribution in [-0.4, -0.2) is 94.1 Å². The fraction of sp³-hybridized carbons (Fsp3) is 0.308. The van der Waals surface area contributed by atoms with E-state index in [0.29, 0.717) is 36.0 Å². The van der Waals surface area contributed by atoms with Gasteiger partial charge in [-0.15, -0.1) is 0 Å². The molecule has 358 valence electrons. The molecular formula is C39H41N4O21P3. The zero-order valence-electron chi connectivity index (χ0n) is 34.5. The number of nitrogens with zero attached hydrogens (tertiary/aromatic N) is 1. The zero-order chi connectivity index (χ0) is 48.5. The van der Waals surface area contributed by atoms with Crippen LogP contribution < -0.4 is 26.6 Å². The van der Waals surface area contributed by atoms with Crippen LogP contribution in [0.2, 0.25) is 0 Å². The number of phenolic OH excluding ortho intramolecular Hbond substituents is 2. The molecule has 1 spiro atoms. The van der Waals surface area contributed by atoms with Crippen molar-refractivity contribution < 1.29 is 90.3 Å². The van der Waals surface area contributed by atoms with E-state index >= 15 is 0 Å². The van der Waals surface area contributed by atoms with Crippen LogP contribution in [0.15, 0.2) is 76.5 Å². The summed E-state index contributed by atoms with van der Waals surface area (Å²) >= 11 is 0. The van der Waals surface area contributed by atoms with Gasteiger partial charge >= 0.3 is 35.1 Å². The van der Waals surface area contributed by atoms with E-state index in [1.54, 1.807) is 24.3 Å². The van der Waals surface area contributed by atoms with Crippen molar-refractivity contribution in [3.8, 4) is 23.0 Å². The number of H-pyrrole nitrogens is 1. The number of ether oxygens (including phenoxy) is 3. The third kappa shape index (κ3) is 11.3. The normalized spacial score (nSPS) is 20.0. The third-order valence-corrected chi connectivity index (χ3v) is 14.2. The van der Waals surface area contributed by atoms with E-state index in [2.05, 4.69) is 28.8 Å². The van der Waals surface area contributed by atoms with Crippen LogP contribution in [0.25, 0.3) is 6.08 Å². The summed E-state index contributed by atoms with van der Waals surface area (Å²) in [5, 5.41) is 36.1. The van der Waals surface area contributed by atoms with Gasteiger partial charge in [-0.1, -0.05) is 24.6 Å². The first kappa shape index (κ1) is 49.1. The highest BCUT2D eigenvalue weighted by Gasteiger charge is 2.54. The van der Waals surface area contributed by atoms with Crippen molar-refractivity contribution in [3.63, 3.8) is 0 Å². The molecule has 1 aromatic heterocycles. The summed E-state index contributed by atoms with van der Waals surface area (Å²) in [5.74, 6) is -1.17. The summed E-state index contributed by atoms with van der Waals surface area (Å²) in [7, 11) is -16.9. The molecule has 5 unspecified atom stereocenters. The minimum atomic E-state index is -5.79. The van der Waals surface area contributed by atoms with Crippen LogP contribution in [0.5, 0.6) is 23.0 Å². The first-order chi connectivity index (χ1) is 31.5. The molecule has 0 radical (unpaired) electrons. The van der Waals surface area contributed by atoms with E-state index in [1.807, 2.05) is 0 Å². The molecule has 1 saturated heterocycles. The number of aromatic hydroxyl groups is 2. The first-order valence-corrected chi connectivity index (χ1v) is 24.5. The summed E-state index contributed by atoms with van der Waals surface area (Å²) < 4.78 is 64.6. The number of benzene rings is 3. The quantitative estimate of drug-likeness (QED) is 0.0389. The minimum Gasteiger partial charge on any atom is -0.508 e. The molecule has 10 N–H and O–H groups in total. The fourth-order valence-electron chi connectivity index (χ4n) is 7.53. The molecule has 0 saturated carbocycles. The minimum absolute atomic E-state index is 0.00973. The monoisotopic (exact) mass is 994 g/mol.